The van der Waals surface area contributed by atoms with Crippen molar-refractivity contribution < 1.29 is 32.2 Å². The maximum Gasteiger partial charge on any atom is 0.422 e. The number of carbonyl (C=O) groups excluding carboxylic acids is 2. The highest BCUT2D eigenvalue weighted by atomic mass is 19.4. The maximum atomic E-state index is 14.4. The molecule has 9 nitrogen and oxygen atoms in total. The Balaban J connectivity index is 0.00000226. The van der Waals surface area contributed by atoms with Crippen LogP contribution in [0.15, 0.2) is 24.5 Å². The number of rotatable bonds is 5. The largest absolute Gasteiger partial charge is 0.491 e. The Morgan fingerprint density at radius 1 is 1.09 bits per heavy atom. The summed E-state index contributed by atoms with van der Waals surface area (Å²) in [5.41, 5.74) is 0.0412. The summed E-state index contributed by atoms with van der Waals surface area (Å²) >= 11 is 0. The van der Waals surface area contributed by atoms with Gasteiger partial charge in [-0.05, 0) is 65.0 Å². The number of likely N-dealkylation sites (tertiary alicyclic amines) is 1. The Morgan fingerprint density at radius 3 is 2.40 bits per heavy atom. The number of halogens is 3. The van der Waals surface area contributed by atoms with Crippen molar-refractivity contribution in [3.63, 3.8) is 0 Å². The molecule has 3 aliphatic heterocycles. The molecule has 0 N–H and O–H groups in total. The molecule has 2 aromatic rings. The van der Waals surface area contributed by atoms with Crippen LogP contribution < -0.4 is 9.64 Å². The Hall–Kier alpha value is -3.57. The molecule has 0 bridgehead atoms. The lowest BCUT2D eigenvalue weighted by molar-refractivity contribution is -0.143. The number of hydrogen-bond donors (Lipinski definition) is 0. The van der Waals surface area contributed by atoms with Gasteiger partial charge in [0.25, 0.3) is 0 Å². The van der Waals surface area contributed by atoms with Crippen LogP contribution in [0.4, 0.5) is 23.7 Å². The van der Waals surface area contributed by atoms with E-state index in [1.54, 1.807) is 9.80 Å². The SMILES string of the molecule is CC.CCCOc1cncc(N2CCC3(CC2)C(=O)N(C2CCN(C(=O)OC(C)(C)C)C2)Cc2nc(C)ccc23)c1C(F)(F)F. The minimum absolute atomic E-state index is 0.0397. The summed E-state index contributed by atoms with van der Waals surface area (Å²) in [6.45, 7) is 14.9. The van der Waals surface area contributed by atoms with E-state index in [9.17, 15) is 22.8 Å². The molecule has 12 heteroatoms. The number of nitrogens with zero attached hydrogens (tertiary/aromatic N) is 5. The summed E-state index contributed by atoms with van der Waals surface area (Å²) in [5.74, 6) is -0.344. The average molecular weight is 634 g/mol. The zero-order chi connectivity index (χ0) is 33.2. The van der Waals surface area contributed by atoms with Gasteiger partial charge in [0, 0.05) is 31.9 Å². The normalized spacial score (nSPS) is 19.6. The minimum Gasteiger partial charge on any atom is -0.491 e. The zero-order valence-electron chi connectivity index (χ0n) is 27.5. The number of anilines is 1. The van der Waals surface area contributed by atoms with E-state index in [4.69, 9.17) is 14.5 Å². The monoisotopic (exact) mass is 633 g/mol. The Morgan fingerprint density at radius 2 is 1.78 bits per heavy atom. The predicted octanol–water partition coefficient (Wildman–Crippen LogP) is 6.51. The number of aryl methyl sites for hydroxylation is 1. The van der Waals surface area contributed by atoms with Gasteiger partial charge in [-0.3, -0.25) is 14.8 Å². The summed E-state index contributed by atoms with van der Waals surface area (Å²) in [6, 6.07) is 3.63. The highest BCUT2D eigenvalue weighted by molar-refractivity contribution is 5.91. The number of ether oxygens (including phenoxy) is 2. The van der Waals surface area contributed by atoms with Crippen molar-refractivity contribution in [2.45, 2.75) is 104 Å². The number of amides is 2. The number of pyridine rings is 2. The second-order valence-electron chi connectivity index (χ2n) is 12.7. The van der Waals surface area contributed by atoms with Crippen molar-refractivity contribution in [3.05, 3.63) is 47.0 Å². The van der Waals surface area contributed by atoms with Crippen molar-refractivity contribution in [2.75, 3.05) is 37.7 Å². The first-order valence-electron chi connectivity index (χ1n) is 15.9. The summed E-state index contributed by atoms with van der Waals surface area (Å²) in [6.07, 6.45) is -0.879. The van der Waals surface area contributed by atoms with Crippen LogP contribution in [0, 0.1) is 6.92 Å². The quantitative estimate of drug-likeness (QED) is 0.371. The van der Waals surface area contributed by atoms with Gasteiger partial charge in [0.1, 0.15) is 11.2 Å². The van der Waals surface area contributed by atoms with Crippen LogP contribution in [-0.4, -0.2) is 76.2 Å². The van der Waals surface area contributed by atoms with Gasteiger partial charge < -0.3 is 24.2 Å². The van der Waals surface area contributed by atoms with E-state index >= 15 is 0 Å². The molecule has 0 aliphatic carbocycles. The van der Waals surface area contributed by atoms with Crippen LogP contribution in [0.1, 0.15) is 89.7 Å². The number of fused-ring (bicyclic) bond motifs is 2. The molecule has 0 radical (unpaired) electrons. The fourth-order valence-corrected chi connectivity index (χ4v) is 6.46. The molecular weight excluding hydrogens is 587 g/mol. The van der Waals surface area contributed by atoms with Gasteiger partial charge >= 0.3 is 12.3 Å². The lowest BCUT2D eigenvalue weighted by atomic mass is 9.68. The third kappa shape index (κ3) is 7.14. The highest BCUT2D eigenvalue weighted by Gasteiger charge is 2.52. The lowest BCUT2D eigenvalue weighted by Crippen LogP contribution is -2.59. The highest BCUT2D eigenvalue weighted by Crippen LogP contribution is 2.47. The van der Waals surface area contributed by atoms with Crippen LogP contribution in [0.25, 0.3) is 0 Å². The number of piperidine rings is 1. The second-order valence-corrected chi connectivity index (χ2v) is 12.7. The zero-order valence-corrected chi connectivity index (χ0v) is 27.5. The molecule has 2 fully saturated rings. The van der Waals surface area contributed by atoms with Gasteiger partial charge in [-0.2, -0.15) is 13.2 Å². The van der Waals surface area contributed by atoms with E-state index in [1.807, 2.05) is 65.5 Å². The van der Waals surface area contributed by atoms with E-state index in [0.717, 1.165) is 23.1 Å². The molecule has 1 spiro atoms. The summed E-state index contributed by atoms with van der Waals surface area (Å²) < 4.78 is 53.9. The van der Waals surface area contributed by atoms with Crippen molar-refractivity contribution in [2.24, 2.45) is 0 Å². The Kier molecular flexibility index (Phi) is 10.2. The maximum absolute atomic E-state index is 14.4. The first-order chi connectivity index (χ1) is 21.2. The van der Waals surface area contributed by atoms with E-state index < -0.39 is 28.8 Å². The van der Waals surface area contributed by atoms with Gasteiger partial charge in [0.15, 0.2) is 5.75 Å². The molecule has 0 saturated carbocycles. The van der Waals surface area contributed by atoms with E-state index in [0.29, 0.717) is 45.3 Å². The van der Waals surface area contributed by atoms with Crippen LogP contribution in [0.3, 0.4) is 0 Å². The van der Waals surface area contributed by atoms with Crippen LogP contribution >= 0.6 is 0 Å². The van der Waals surface area contributed by atoms with Crippen molar-refractivity contribution in [1.82, 2.24) is 19.8 Å². The first kappa shape index (κ1) is 34.3. The van der Waals surface area contributed by atoms with Crippen molar-refractivity contribution in [3.8, 4) is 5.75 Å². The van der Waals surface area contributed by atoms with E-state index in [2.05, 4.69) is 4.98 Å². The van der Waals surface area contributed by atoms with Crippen LogP contribution in [0.5, 0.6) is 5.75 Å². The molecular formula is C33H46F3N5O4. The minimum atomic E-state index is -4.63. The van der Waals surface area contributed by atoms with Crippen molar-refractivity contribution in [1.29, 1.82) is 0 Å². The number of aromatic nitrogens is 2. The lowest BCUT2D eigenvalue weighted by Gasteiger charge is -2.49. The third-order valence-corrected chi connectivity index (χ3v) is 8.47. The molecule has 0 aromatic carbocycles. The average Bonchev–Trinajstić information content (AvgIpc) is 3.48. The van der Waals surface area contributed by atoms with Crippen LogP contribution in [0.2, 0.25) is 0 Å². The topological polar surface area (TPSA) is 88.1 Å². The molecule has 2 aromatic heterocycles. The fourth-order valence-electron chi connectivity index (χ4n) is 6.46. The first-order valence-corrected chi connectivity index (χ1v) is 15.9. The molecule has 1 unspecified atom stereocenters. The van der Waals surface area contributed by atoms with Crippen LogP contribution in [-0.2, 0) is 27.7 Å². The smallest absolute Gasteiger partial charge is 0.422 e. The number of carbonyl (C=O) groups is 2. The summed E-state index contributed by atoms with van der Waals surface area (Å²) in [4.78, 5) is 41.2. The van der Waals surface area contributed by atoms with E-state index in [1.165, 1.54) is 6.20 Å². The predicted molar refractivity (Wildman–Crippen MR) is 165 cm³/mol. The standard InChI is InChI=1S/C31H40F3N5O4.C2H6/c1-6-15-42-25-17-35-16-24(26(25)31(32,33)34)37-13-10-30(11-14-37)22-8-7-20(2)36-23(22)19-39(27(30)40)21-9-12-38(18-21)28(41)43-29(3,4)5;1-2/h7-8,16-17,21H,6,9-15,18-19H2,1-5H3;1-2H3. The second kappa shape index (κ2) is 13.4. The fraction of sp³-hybridized carbons (Fsp3) is 0.636. The van der Waals surface area contributed by atoms with E-state index in [-0.39, 0.29) is 43.1 Å². The molecule has 5 heterocycles. The van der Waals surface area contributed by atoms with Gasteiger partial charge in [0.05, 0.1) is 48.4 Å². The van der Waals surface area contributed by atoms with Gasteiger partial charge in [-0.1, -0.05) is 26.8 Å². The Labute approximate surface area is 264 Å². The molecule has 1 atom stereocenters. The molecule has 248 valence electrons. The number of alkyl halides is 3. The van der Waals surface area contributed by atoms with Gasteiger partial charge in [-0.25, -0.2) is 4.79 Å². The third-order valence-electron chi connectivity index (χ3n) is 8.47. The van der Waals surface area contributed by atoms with Gasteiger partial charge in [0.2, 0.25) is 5.91 Å². The molecule has 45 heavy (non-hydrogen) atoms. The molecule has 2 saturated heterocycles. The summed E-state index contributed by atoms with van der Waals surface area (Å²) in [7, 11) is 0. The van der Waals surface area contributed by atoms with Crippen molar-refractivity contribution >= 4 is 17.7 Å². The molecule has 2 amide bonds. The Bertz CT molecular complexity index is 1370. The number of hydrogen-bond acceptors (Lipinski definition) is 7. The summed E-state index contributed by atoms with van der Waals surface area (Å²) in [5, 5.41) is 0. The molecule has 5 rings (SSSR count). The van der Waals surface area contributed by atoms with Gasteiger partial charge in [-0.15, -0.1) is 0 Å². The molecule has 3 aliphatic rings.